The van der Waals surface area contributed by atoms with E-state index in [4.69, 9.17) is 14.2 Å². The third-order valence-electron chi connectivity index (χ3n) is 4.19. The molecule has 0 aliphatic carbocycles. The van der Waals surface area contributed by atoms with Gasteiger partial charge in [0.2, 0.25) is 0 Å². The minimum Gasteiger partial charge on any atom is -0.394 e. The van der Waals surface area contributed by atoms with Crippen molar-refractivity contribution >= 4 is 0 Å². The molecule has 4 unspecified atom stereocenters. The maximum absolute atomic E-state index is 9.58. The third-order valence-corrected chi connectivity index (χ3v) is 4.19. The molecular formula is C20H21NO4. The third kappa shape index (κ3) is 4.44. The summed E-state index contributed by atoms with van der Waals surface area (Å²) in [7, 11) is 0. The number of aliphatic hydroxyl groups excluding tert-OH is 1. The van der Waals surface area contributed by atoms with Crippen molar-refractivity contribution in [2.24, 2.45) is 0 Å². The quantitative estimate of drug-likeness (QED) is 0.839. The second kappa shape index (κ2) is 8.75. The Labute approximate surface area is 147 Å². The molecule has 0 bridgehead atoms. The fourth-order valence-electron chi connectivity index (χ4n) is 2.90. The van der Waals surface area contributed by atoms with Gasteiger partial charge >= 0.3 is 0 Å². The van der Waals surface area contributed by atoms with Crippen LogP contribution in [0.25, 0.3) is 0 Å². The van der Waals surface area contributed by atoms with E-state index in [2.05, 4.69) is 6.07 Å². The Balaban J connectivity index is 1.68. The van der Waals surface area contributed by atoms with Crippen LogP contribution in [0, 0.1) is 11.3 Å². The van der Waals surface area contributed by atoms with E-state index in [1.807, 2.05) is 60.7 Å². The summed E-state index contributed by atoms with van der Waals surface area (Å²) in [6.45, 7) is 0.508. The highest BCUT2D eigenvalue weighted by Gasteiger charge is 2.46. The molecule has 0 saturated carbocycles. The number of hydrogen-bond acceptors (Lipinski definition) is 5. The van der Waals surface area contributed by atoms with Gasteiger partial charge in [0.15, 0.2) is 6.10 Å². The van der Waals surface area contributed by atoms with Crippen LogP contribution in [0.4, 0.5) is 0 Å². The molecule has 0 radical (unpaired) electrons. The van der Waals surface area contributed by atoms with Gasteiger partial charge in [-0.3, -0.25) is 0 Å². The molecule has 1 aliphatic heterocycles. The van der Waals surface area contributed by atoms with E-state index in [1.165, 1.54) is 0 Å². The van der Waals surface area contributed by atoms with Gasteiger partial charge in [0, 0.05) is 0 Å². The molecule has 130 valence electrons. The van der Waals surface area contributed by atoms with Crippen molar-refractivity contribution in [3.63, 3.8) is 0 Å². The summed E-state index contributed by atoms with van der Waals surface area (Å²) in [5, 5.41) is 18.9. The molecule has 3 rings (SSSR count). The zero-order valence-corrected chi connectivity index (χ0v) is 13.8. The molecule has 1 N–H and O–H groups in total. The van der Waals surface area contributed by atoms with Gasteiger partial charge in [-0.1, -0.05) is 60.7 Å². The van der Waals surface area contributed by atoms with E-state index in [9.17, 15) is 10.4 Å². The molecule has 0 aromatic heterocycles. The molecular weight excluding hydrogens is 318 g/mol. The van der Waals surface area contributed by atoms with Crippen LogP contribution in [0.3, 0.4) is 0 Å². The second-order valence-corrected chi connectivity index (χ2v) is 5.93. The van der Waals surface area contributed by atoms with Gasteiger partial charge in [0.05, 0.1) is 25.9 Å². The van der Waals surface area contributed by atoms with Crippen LogP contribution in [0.15, 0.2) is 60.7 Å². The van der Waals surface area contributed by atoms with Gasteiger partial charge in [-0.25, -0.2) is 0 Å². The summed E-state index contributed by atoms with van der Waals surface area (Å²) < 4.78 is 17.5. The van der Waals surface area contributed by atoms with Crippen molar-refractivity contribution in [1.29, 1.82) is 5.26 Å². The Morgan fingerprint density at radius 3 is 1.88 bits per heavy atom. The maximum atomic E-state index is 9.58. The zero-order chi connectivity index (χ0) is 17.5. The summed E-state index contributed by atoms with van der Waals surface area (Å²) in [4.78, 5) is 0. The Hall–Kier alpha value is -2.23. The summed E-state index contributed by atoms with van der Waals surface area (Å²) in [6, 6.07) is 21.6. The number of aliphatic hydroxyl groups is 1. The van der Waals surface area contributed by atoms with Crippen LogP contribution >= 0.6 is 0 Å². The maximum Gasteiger partial charge on any atom is 0.173 e. The van der Waals surface area contributed by atoms with Crippen molar-refractivity contribution in [2.75, 3.05) is 6.61 Å². The molecule has 2 aromatic carbocycles. The first-order valence-corrected chi connectivity index (χ1v) is 8.29. The molecule has 1 aliphatic rings. The van der Waals surface area contributed by atoms with E-state index in [0.717, 1.165) is 11.1 Å². The van der Waals surface area contributed by atoms with Crippen LogP contribution < -0.4 is 0 Å². The van der Waals surface area contributed by atoms with Gasteiger partial charge < -0.3 is 19.3 Å². The SMILES string of the molecule is N#CC1OC(CO)C(OCc2ccccc2)C1OCc1ccccc1. The van der Waals surface area contributed by atoms with Crippen LogP contribution in [-0.4, -0.2) is 36.1 Å². The predicted octanol–water partition coefficient (Wildman–Crippen LogP) is 2.44. The zero-order valence-electron chi connectivity index (χ0n) is 13.8. The highest BCUT2D eigenvalue weighted by Crippen LogP contribution is 2.28. The summed E-state index contributed by atoms with van der Waals surface area (Å²) >= 11 is 0. The molecule has 2 aromatic rings. The van der Waals surface area contributed by atoms with Gasteiger partial charge in [0.1, 0.15) is 18.3 Å². The van der Waals surface area contributed by atoms with Gasteiger partial charge in [-0.05, 0) is 11.1 Å². The van der Waals surface area contributed by atoms with Crippen LogP contribution in [0.5, 0.6) is 0 Å². The number of nitrogens with zero attached hydrogens (tertiary/aromatic N) is 1. The summed E-state index contributed by atoms with van der Waals surface area (Å²) in [5.41, 5.74) is 2.02. The number of ether oxygens (including phenoxy) is 3. The molecule has 0 spiro atoms. The first-order chi connectivity index (χ1) is 12.3. The number of rotatable bonds is 7. The first kappa shape index (κ1) is 17.6. The smallest absolute Gasteiger partial charge is 0.173 e. The molecule has 0 amide bonds. The van der Waals surface area contributed by atoms with Crippen LogP contribution in [0.1, 0.15) is 11.1 Å². The van der Waals surface area contributed by atoms with Gasteiger partial charge in [0.25, 0.3) is 0 Å². The minimum atomic E-state index is -0.762. The van der Waals surface area contributed by atoms with Crippen molar-refractivity contribution in [3.05, 3.63) is 71.8 Å². The lowest BCUT2D eigenvalue weighted by Crippen LogP contribution is -2.38. The largest absolute Gasteiger partial charge is 0.394 e. The predicted molar refractivity (Wildman–Crippen MR) is 91.4 cm³/mol. The lowest BCUT2D eigenvalue weighted by atomic mass is 10.1. The molecule has 1 saturated heterocycles. The fraction of sp³-hybridized carbons (Fsp3) is 0.350. The first-order valence-electron chi connectivity index (χ1n) is 8.29. The van der Waals surface area contributed by atoms with Crippen molar-refractivity contribution < 1.29 is 19.3 Å². The monoisotopic (exact) mass is 339 g/mol. The van der Waals surface area contributed by atoms with Crippen molar-refractivity contribution in [1.82, 2.24) is 0 Å². The number of nitriles is 1. The Kier molecular flexibility index (Phi) is 6.15. The lowest BCUT2D eigenvalue weighted by molar-refractivity contribution is -0.0821. The molecule has 25 heavy (non-hydrogen) atoms. The minimum absolute atomic E-state index is 0.219. The summed E-state index contributed by atoms with van der Waals surface area (Å²) in [5.74, 6) is 0. The molecule has 1 heterocycles. The van der Waals surface area contributed by atoms with E-state index in [-0.39, 0.29) is 6.61 Å². The highest BCUT2D eigenvalue weighted by molar-refractivity contribution is 5.15. The van der Waals surface area contributed by atoms with Gasteiger partial charge in [-0.15, -0.1) is 0 Å². The van der Waals surface area contributed by atoms with E-state index < -0.39 is 24.4 Å². The van der Waals surface area contributed by atoms with E-state index in [1.54, 1.807) is 0 Å². The Bertz CT molecular complexity index is 686. The summed E-state index contributed by atoms with van der Waals surface area (Å²) in [6.07, 6.45) is -2.39. The molecule has 1 fully saturated rings. The van der Waals surface area contributed by atoms with E-state index >= 15 is 0 Å². The molecule has 5 nitrogen and oxygen atoms in total. The topological polar surface area (TPSA) is 71.7 Å². The number of hydrogen-bond donors (Lipinski definition) is 1. The molecule has 4 atom stereocenters. The van der Waals surface area contributed by atoms with Crippen LogP contribution in [-0.2, 0) is 27.4 Å². The average Bonchev–Trinajstić information content (AvgIpc) is 3.03. The standard InChI is InChI=1S/C20H21NO4/c21-11-17-19(23-13-15-7-3-1-4-8-15)20(18(12-22)25-17)24-14-16-9-5-2-6-10-16/h1-10,17-20,22H,12-14H2. The van der Waals surface area contributed by atoms with Crippen LogP contribution in [0.2, 0.25) is 0 Å². The average molecular weight is 339 g/mol. The normalized spacial score (nSPS) is 25.6. The molecule has 5 heteroatoms. The highest BCUT2D eigenvalue weighted by atomic mass is 16.6. The van der Waals surface area contributed by atoms with Crippen molar-refractivity contribution in [3.8, 4) is 6.07 Å². The Morgan fingerprint density at radius 1 is 0.880 bits per heavy atom. The fourth-order valence-corrected chi connectivity index (χ4v) is 2.90. The van der Waals surface area contributed by atoms with E-state index in [0.29, 0.717) is 13.2 Å². The number of benzene rings is 2. The van der Waals surface area contributed by atoms with Crippen molar-refractivity contribution in [2.45, 2.75) is 37.6 Å². The van der Waals surface area contributed by atoms with Gasteiger partial charge in [-0.2, -0.15) is 5.26 Å². The lowest BCUT2D eigenvalue weighted by Gasteiger charge is -2.23. The Morgan fingerprint density at radius 2 is 1.40 bits per heavy atom. The second-order valence-electron chi connectivity index (χ2n) is 5.93.